The van der Waals surface area contributed by atoms with Gasteiger partial charge in [-0.25, -0.2) is 0 Å². The van der Waals surface area contributed by atoms with E-state index in [4.69, 9.17) is 0 Å². The average Bonchev–Trinajstić information content (AvgIpc) is 2.70. The summed E-state index contributed by atoms with van der Waals surface area (Å²) in [7, 11) is 0. The third kappa shape index (κ3) is 5.32. The van der Waals surface area contributed by atoms with Crippen LogP contribution in [0.4, 0.5) is 0 Å². The van der Waals surface area contributed by atoms with Crippen molar-refractivity contribution in [2.75, 3.05) is 6.54 Å². The summed E-state index contributed by atoms with van der Waals surface area (Å²) >= 11 is 1.85. The lowest BCUT2D eigenvalue weighted by Crippen LogP contribution is -2.21. The predicted octanol–water partition coefficient (Wildman–Crippen LogP) is 4.53. The molecule has 1 aliphatic carbocycles. The number of aliphatic hydroxyl groups excluding tert-OH is 1. The molecule has 1 saturated carbocycles. The Morgan fingerprint density at radius 3 is 2.62 bits per heavy atom. The summed E-state index contributed by atoms with van der Waals surface area (Å²) in [5, 5.41) is 14.1. The average molecular weight is 308 g/mol. The minimum Gasteiger partial charge on any atom is -0.392 e. The van der Waals surface area contributed by atoms with Crippen molar-refractivity contribution in [2.24, 2.45) is 0 Å². The molecule has 2 nitrogen and oxygen atoms in total. The molecule has 3 heteroatoms. The van der Waals surface area contributed by atoms with Crippen LogP contribution in [0.5, 0.6) is 0 Å². The van der Waals surface area contributed by atoms with E-state index in [1.54, 1.807) is 0 Å². The molecule has 2 N–H and O–H groups in total. The highest BCUT2D eigenvalue weighted by atomic mass is 32.2. The number of hydrogen-bond acceptors (Lipinski definition) is 3. The van der Waals surface area contributed by atoms with Gasteiger partial charge in [0.05, 0.1) is 6.10 Å². The van der Waals surface area contributed by atoms with Gasteiger partial charge in [0.2, 0.25) is 0 Å². The molecule has 0 amide bonds. The zero-order valence-corrected chi connectivity index (χ0v) is 14.2. The lowest BCUT2D eigenvalue weighted by Gasteiger charge is -2.20. The van der Waals surface area contributed by atoms with E-state index in [1.807, 2.05) is 11.8 Å². The Kier molecular flexibility index (Phi) is 7.08. The molecular weight excluding hydrogens is 278 g/mol. The maximum Gasteiger partial charge on any atom is 0.0662 e. The summed E-state index contributed by atoms with van der Waals surface area (Å²) < 4.78 is 0. The standard InChI is InChI=1S/C18H29NOS/c1-3-13-19-14(2)15-9-11-16(12-10-15)21-18-8-6-4-5-7-17(18)20/h9-12,14,17-20H,3-8,13H2,1-2H3. The number of thioether (sulfide) groups is 1. The van der Waals surface area contributed by atoms with Crippen molar-refractivity contribution in [3.05, 3.63) is 29.8 Å². The molecule has 118 valence electrons. The summed E-state index contributed by atoms with van der Waals surface area (Å²) in [5.74, 6) is 0. The van der Waals surface area contributed by atoms with Crippen LogP contribution >= 0.6 is 11.8 Å². The van der Waals surface area contributed by atoms with Gasteiger partial charge in [0.1, 0.15) is 0 Å². The van der Waals surface area contributed by atoms with Crippen LogP contribution in [0.25, 0.3) is 0 Å². The first kappa shape index (κ1) is 16.9. The van der Waals surface area contributed by atoms with Gasteiger partial charge < -0.3 is 10.4 Å². The fourth-order valence-electron chi connectivity index (χ4n) is 2.88. The Hall–Kier alpha value is -0.510. The number of benzene rings is 1. The highest BCUT2D eigenvalue weighted by Crippen LogP contribution is 2.33. The van der Waals surface area contributed by atoms with Crippen molar-refractivity contribution in [3.8, 4) is 0 Å². The van der Waals surface area contributed by atoms with Crippen molar-refractivity contribution in [3.63, 3.8) is 0 Å². The minimum absolute atomic E-state index is 0.137. The molecular formula is C18H29NOS. The molecule has 0 radical (unpaired) electrons. The van der Waals surface area contributed by atoms with Crippen molar-refractivity contribution in [1.82, 2.24) is 5.32 Å². The molecule has 0 aliphatic heterocycles. The van der Waals surface area contributed by atoms with Crippen LogP contribution in [0.1, 0.15) is 64.0 Å². The summed E-state index contributed by atoms with van der Waals surface area (Å²) in [6.45, 7) is 5.47. The van der Waals surface area contributed by atoms with E-state index in [1.165, 1.54) is 29.7 Å². The van der Waals surface area contributed by atoms with Gasteiger partial charge in [-0.15, -0.1) is 11.8 Å². The Labute approximate surface area is 133 Å². The van der Waals surface area contributed by atoms with Gasteiger partial charge in [-0.1, -0.05) is 38.3 Å². The summed E-state index contributed by atoms with van der Waals surface area (Å²) in [6, 6.07) is 9.27. The topological polar surface area (TPSA) is 32.3 Å². The van der Waals surface area contributed by atoms with Gasteiger partial charge in [0.15, 0.2) is 0 Å². The van der Waals surface area contributed by atoms with E-state index >= 15 is 0 Å². The first-order valence-corrected chi connectivity index (χ1v) is 9.26. The smallest absolute Gasteiger partial charge is 0.0662 e. The second-order valence-electron chi connectivity index (χ2n) is 6.11. The Balaban J connectivity index is 1.92. The largest absolute Gasteiger partial charge is 0.392 e. The molecule has 1 aromatic carbocycles. The van der Waals surface area contributed by atoms with Crippen molar-refractivity contribution >= 4 is 11.8 Å². The Bertz CT molecular complexity index is 406. The molecule has 1 aromatic rings. The lowest BCUT2D eigenvalue weighted by atomic mass is 10.1. The number of aliphatic hydroxyl groups is 1. The molecule has 1 aliphatic rings. The molecule has 0 aromatic heterocycles. The second-order valence-corrected chi connectivity index (χ2v) is 7.42. The maximum atomic E-state index is 10.2. The minimum atomic E-state index is -0.137. The number of nitrogens with one attached hydrogen (secondary N) is 1. The third-order valence-corrected chi connectivity index (χ3v) is 5.68. The van der Waals surface area contributed by atoms with E-state index in [0.29, 0.717) is 11.3 Å². The van der Waals surface area contributed by atoms with E-state index in [0.717, 1.165) is 25.8 Å². The van der Waals surface area contributed by atoms with E-state index < -0.39 is 0 Å². The molecule has 3 unspecified atom stereocenters. The monoisotopic (exact) mass is 307 g/mol. The molecule has 1 fully saturated rings. The van der Waals surface area contributed by atoms with Gasteiger partial charge in [-0.3, -0.25) is 0 Å². The van der Waals surface area contributed by atoms with E-state index in [2.05, 4.69) is 43.4 Å². The maximum absolute atomic E-state index is 10.2. The zero-order valence-electron chi connectivity index (χ0n) is 13.3. The predicted molar refractivity (Wildman–Crippen MR) is 91.9 cm³/mol. The van der Waals surface area contributed by atoms with Crippen LogP contribution in [0, 0.1) is 0 Å². The number of rotatable bonds is 6. The molecule has 3 atom stereocenters. The highest BCUT2D eigenvalue weighted by Gasteiger charge is 2.22. The van der Waals surface area contributed by atoms with Crippen molar-refractivity contribution in [2.45, 2.75) is 74.7 Å². The van der Waals surface area contributed by atoms with Crippen LogP contribution in [-0.4, -0.2) is 23.0 Å². The lowest BCUT2D eigenvalue weighted by molar-refractivity contribution is 0.163. The summed E-state index contributed by atoms with van der Waals surface area (Å²) in [5.41, 5.74) is 1.34. The van der Waals surface area contributed by atoms with Gasteiger partial charge >= 0.3 is 0 Å². The van der Waals surface area contributed by atoms with Crippen LogP contribution in [-0.2, 0) is 0 Å². The van der Waals surface area contributed by atoms with Gasteiger partial charge in [0, 0.05) is 16.2 Å². The first-order chi connectivity index (χ1) is 10.2. The highest BCUT2D eigenvalue weighted by molar-refractivity contribution is 8.00. The summed E-state index contributed by atoms with van der Waals surface area (Å²) in [6.07, 6.45) is 6.84. The SMILES string of the molecule is CCCNC(C)c1ccc(SC2CCCCCC2O)cc1. The van der Waals surface area contributed by atoms with E-state index in [-0.39, 0.29) is 6.10 Å². The number of hydrogen-bond donors (Lipinski definition) is 2. The first-order valence-electron chi connectivity index (χ1n) is 8.38. The molecule has 0 bridgehead atoms. The summed E-state index contributed by atoms with van der Waals surface area (Å²) in [4.78, 5) is 1.28. The zero-order chi connectivity index (χ0) is 15.1. The van der Waals surface area contributed by atoms with Gasteiger partial charge in [-0.2, -0.15) is 0 Å². The third-order valence-electron chi connectivity index (χ3n) is 4.29. The fourth-order valence-corrected chi connectivity index (χ4v) is 4.10. The van der Waals surface area contributed by atoms with Crippen LogP contribution in [0.15, 0.2) is 29.2 Å². The second kappa shape index (κ2) is 8.82. The van der Waals surface area contributed by atoms with Gasteiger partial charge in [0.25, 0.3) is 0 Å². The normalized spacial score (nSPS) is 24.5. The Morgan fingerprint density at radius 1 is 1.19 bits per heavy atom. The van der Waals surface area contributed by atoms with Crippen molar-refractivity contribution in [1.29, 1.82) is 0 Å². The van der Waals surface area contributed by atoms with E-state index in [9.17, 15) is 5.11 Å². The molecule has 0 heterocycles. The van der Waals surface area contributed by atoms with Gasteiger partial charge in [-0.05, 0) is 50.4 Å². The Morgan fingerprint density at radius 2 is 1.90 bits per heavy atom. The van der Waals surface area contributed by atoms with Crippen LogP contribution in [0.3, 0.4) is 0 Å². The molecule has 21 heavy (non-hydrogen) atoms. The molecule has 0 saturated heterocycles. The fraction of sp³-hybridized carbons (Fsp3) is 0.667. The van der Waals surface area contributed by atoms with Crippen molar-refractivity contribution < 1.29 is 5.11 Å². The van der Waals surface area contributed by atoms with Crippen LogP contribution in [0.2, 0.25) is 0 Å². The molecule has 0 spiro atoms. The molecule has 2 rings (SSSR count). The quantitative estimate of drug-likeness (QED) is 0.757. The van der Waals surface area contributed by atoms with Crippen LogP contribution < -0.4 is 5.32 Å².